The number of nitrogens with one attached hydrogen (secondary N) is 1. The van der Waals surface area contributed by atoms with Crippen molar-refractivity contribution in [2.24, 2.45) is 5.92 Å². The molecule has 1 aliphatic heterocycles. The van der Waals surface area contributed by atoms with Crippen LogP contribution in [0.2, 0.25) is 5.02 Å². The van der Waals surface area contributed by atoms with E-state index in [-0.39, 0.29) is 18.2 Å². The van der Waals surface area contributed by atoms with Crippen LogP contribution in [0.1, 0.15) is 24.0 Å². The number of amides is 2. The van der Waals surface area contributed by atoms with Gasteiger partial charge in [0.15, 0.2) is 5.75 Å². The standard InChI is InChI=1S/C23H25ClN2O4/c1-29-10-11-30-22-19(24)6-3-7-20(22)25-23(28)17-13-21(27)26(14-17)18-9-8-15-4-2-5-16(15)12-18/h3,6-9,12,17H,2,4-5,10-11,13-14H2,1H3,(H,25,28). The highest BCUT2D eigenvalue weighted by Gasteiger charge is 2.35. The number of rotatable bonds is 7. The van der Waals surface area contributed by atoms with Crippen molar-refractivity contribution in [3.8, 4) is 5.75 Å². The summed E-state index contributed by atoms with van der Waals surface area (Å²) in [7, 11) is 1.59. The Balaban J connectivity index is 1.45. The van der Waals surface area contributed by atoms with E-state index < -0.39 is 5.92 Å². The minimum atomic E-state index is -0.434. The summed E-state index contributed by atoms with van der Waals surface area (Å²) >= 11 is 6.24. The van der Waals surface area contributed by atoms with Gasteiger partial charge in [0.2, 0.25) is 11.8 Å². The van der Waals surface area contributed by atoms with Crippen molar-refractivity contribution in [2.75, 3.05) is 37.1 Å². The number of hydrogen-bond donors (Lipinski definition) is 1. The topological polar surface area (TPSA) is 67.9 Å². The Labute approximate surface area is 181 Å². The van der Waals surface area contributed by atoms with Gasteiger partial charge in [0.25, 0.3) is 0 Å². The molecule has 2 amide bonds. The van der Waals surface area contributed by atoms with E-state index in [0.29, 0.717) is 36.2 Å². The molecule has 1 heterocycles. The fourth-order valence-electron chi connectivity index (χ4n) is 4.07. The molecule has 1 fully saturated rings. The highest BCUT2D eigenvalue weighted by Crippen LogP contribution is 2.35. The Hall–Kier alpha value is -2.57. The Morgan fingerprint density at radius 3 is 2.87 bits per heavy atom. The molecule has 0 saturated carbocycles. The van der Waals surface area contributed by atoms with E-state index in [0.717, 1.165) is 24.9 Å². The van der Waals surface area contributed by atoms with Gasteiger partial charge in [0.1, 0.15) is 6.61 Å². The number of aryl methyl sites for hydroxylation is 2. The van der Waals surface area contributed by atoms with Crippen LogP contribution in [-0.2, 0) is 27.2 Å². The van der Waals surface area contributed by atoms with E-state index >= 15 is 0 Å². The number of halogens is 1. The van der Waals surface area contributed by atoms with Crippen LogP contribution < -0.4 is 15.0 Å². The van der Waals surface area contributed by atoms with Crippen LogP contribution in [0.3, 0.4) is 0 Å². The van der Waals surface area contributed by atoms with Crippen LogP contribution in [0.25, 0.3) is 0 Å². The molecule has 0 radical (unpaired) electrons. The molecule has 1 saturated heterocycles. The fraction of sp³-hybridized carbons (Fsp3) is 0.391. The summed E-state index contributed by atoms with van der Waals surface area (Å²) < 4.78 is 10.7. The Morgan fingerprint density at radius 2 is 2.03 bits per heavy atom. The van der Waals surface area contributed by atoms with Gasteiger partial charge in [-0.15, -0.1) is 0 Å². The van der Waals surface area contributed by atoms with Crippen molar-refractivity contribution >= 4 is 34.8 Å². The van der Waals surface area contributed by atoms with Crippen LogP contribution in [0, 0.1) is 5.92 Å². The number of anilines is 2. The number of carbonyl (C=O) groups excluding carboxylic acids is 2. The Bertz CT molecular complexity index is 962. The maximum Gasteiger partial charge on any atom is 0.229 e. The molecular weight excluding hydrogens is 404 g/mol. The minimum Gasteiger partial charge on any atom is -0.487 e. The molecule has 2 aromatic carbocycles. The Kier molecular flexibility index (Phi) is 6.25. The van der Waals surface area contributed by atoms with E-state index in [1.807, 2.05) is 6.07 Å². The summed E-state index contributed by atoms with van der Waals surface area (Å²) in [6.07, 6.45) is 3.49. The summed E-state index contributed by atoms with van der Waals surface area (Å²) in [6, 6.07) is 11.4. The second kappa shape index (κ2) is 9.06. The molecule has 0 aromatic heterocycles. The number of methoxy groups -OCH3 is 1. The average molecular weight is 429 g/mol. The highest BCUT2D eigenvalue weighted by molar-refractivity contribution is 6.32. The second-order valence-electron chi connectivity index (χ2n) is 7.66. The van der Waals surface area contributed by atoms with Crippen molar-refractivity contribution in [3.63, 3.8) is 0 Å². The number of nitrogens with zero attached hydrogens (tertiary/aromatic N) is 1. The molecule has 2 aromatic rings. The molecule has 0 spiro atoms. The largest absolute Gasteiger partial charge is 0.487 e. The van der Waals surface area contributed by atoms with E-state index in [2.05, 4.69) is 17.4 Å². The van der Waals surface area contributed by atoms with Gasteiger partial charge in [-0.1, -0.05) is 23.7 Å². The molecule has 158 valence electrons. The monoisotopic (exact) mass is 428 g/mol. The van der Waals surface area contributed by atoms with Crippen LogP contribution in [0.15, 0.2) is 36.4 Å². The second-order valence-corrected chi connectivity index (χ2v) is 8.07. The molecule has 1 atom stereocenters. The first-order chi connectivity index (χ1) is 14.6. The quantitative estimate of drug-likeness (QED) is 0.680. The molecule has 2 aliphatic rings. The third kappa shape index (κ3) is 4.30. The molecule has 7 heteroatoms. The van der Waals surface area contributed by atoms with Crippen LogP contribution in [0.5, 0.6) is 5.75 Å². The average Bonchev–Trinajstić information content (AvgIpc) is 3.36. The predicted octanol–water partition coefficient (Wildman–Crippen LogP) is 3.85. The first-order valence-electron chi connectivity index (χ1n) is 10.2. The lowest BCUT2D eigenvalue weighted by atomic mass is 10.1. The molecule has 4 rings (SSSR count). The first-order valence-corrected chi connectivity index (χ1v) is 10.6. The van der Waals surface area contributed by atoms with Gasteiger partial charge in [0, 0.05) is 25.8 Å². The normalized spacial score (nSPS) is 17.9. The number of carbonyl (C=O) groups is 2. The SMILES string of the molecule is COCCOc1c(Cl)cccc1NC(=O)C1CC(=O)N(c2ccc3c(c2)CCC3)C1. The van der Waals surface area contributed by atoms with Gasteiger partial charge < -0.3 is 19.7 Å². The summed E-state index contributed by atoms with van der Waals surface area (Å²) in [6.45, 7) is 1.09. The highest BCUT2D eigenvalue weighted by atomic mass is 35.5. The van der Waals surface area contributed by atoms with Gasteiger partial charge in [-0.05, 0) is 54.7 Å². The van der Waals surface area contributed by atoms with E-state index in [1.54, 1.807) is 30.2 Å². The van der Waals surface area contributed by atoms with Crippen LogP contribution >= 0.6 is 11.6 Å². The van der Waals surface area contributed by atoms with Gasteiger partial charge in [-0.25, -0.2) is 0 Å². The van der Waals surface area contributed by atoms with Crippen molar-refractivity contribution in [2.45, 2.75) is 25.7 Å². The third-order valence-corrected chi connectivity index (χ3v) is 5.95. The van der Waals surface area contributed by atoms with E-state index in [4.69, 9.17) is 21.1 Å². The molecule has 6 nitrogen and oxygen atoms in total. The lowest BCUT2D eigenvalue weighted by Gasteiger charge is -2.18. The molecular formula is C23H25ClN2O4. The van der Waals surface area contributed by atoms with Crippen molar-refractivity contribution in [1.82, 2.24) is 0 Å². The zero-order valence-electron chi connectivity index (χ0n) is 16.9. The number of ether oxygens (including phenoxy) is 2. The van der Waals surface area contributed by atoms with Gasteiger partial charge in [-0.3, -0.25) is 9.59 Å². The molecule has 1 aliphatic carbocycles. The molecule has 1 N–H and O–H groups in total. The van der Waals surface area contributed by atoms with E-state index in [9.17, 15) is 9.59 Å². The van der Waals surface area contributed by atoms with Crippen molar-refractivity contribution < 1.29 is 19.1 Å². The van der Waals surface area contributed by atoms with Crippen LogP contribution in [-0.4, -0.2) is 38.7 Å². The number of para-hydroxylation sites is 1. The predicted molar refractivity (Wildman–Crippen MR) is 116 cm³/mol. The minimum absolute atomic E-state index is 0.0317. The van der Waals surface area contributed by atoms with Gasteiger partial charge in [-0.2, -0.15) is 0 Å². The Morgan fingerprint density at radius 1 is 1.20 bits per heavy atom. The zero-order chi connectivity index (χ0) is 21.1. The molecule has 0 bridgehead atoms. The summed E-state index contributed by atoms with van der Waals surface area (Å²) in [5, 5.41) is 3.29. The smallest absolute Gasteiger partial charge is 0.229 e. The maximum atomic E-state index is 12.9. The summed E-state index contributed by atoms with van der Waals surface area (Å²) in [5.74, 6) is -0.275. The zero-order valence-corrected chi connectivity index (χ0v) is 17.7. The van der Waals surface area contributed by atoms with Gasteiger partial charge in [0.05, 0.1) is 23.2 Å². The van der Waals surface area contributed by atoms with Gasteiger partial charge >= 0.3 is 0 Å². The lowest BCUT2D eigenvalue weighted by Crippen LogP contribution is -2.28. The number of fused-ring (bicyclic) bond motifs is 1. The van der Waals surface area contributed by atoms with Crippen molar-refractivity contribution in [3.05, 3.63) is 52.5 Å². The first kappa shape index (κ1) is 20.7. The molecule has 1 unspecified atom stereocenters. The van der Waals surface area contributed by atoms with E-state index in [1.165, 1.54) is 11.1 Å². The van der Waals surface area contributed by atoms with Crippen LogP contribution in [0.4, 0.5) is 11.4 Å². The number of hydrogen-bond acceptors (Lipinski definition) is 4. The third-order valence-electron chi connectivity index (χ3n) is 5.65. The lowest BCUT2D eigenvalue weighted by molar-refractivity contribution is -0.122. The summed E-state index contributed by atoms with van der Waals surface area (Å²) in [5.41, 5.74) is 4.04. The maximum absolute atomic E-state index is 12.9. The number of benzene rings is 2. The molecule has 30 heavy (non-hydrogen) atoms. The summed E-state index contributed by atoms with van der Waals surface area (Å²) in [4.78, 5) is 27.2. The fourth-order valence-corrected chi connectivity index (χ4v) is 4.30. The van der Waals surface area contributed by atoms with Crippen molar-refractivity contribution in [1.29, 1.82) is 0 Å².